The molecule has 0 unspecified atom stereocenters. The molecule has 0 saturated carbocycles. The molecule has 0 radical (unpaired) electrons. The molecule has 12 heteroatoms. The molecule has 0 heterocycles. The van der Waals surface area contributed by atoms with Gasteiger partial charge in [0.15, 0.2) is 13.2 Å². The summed E-state index contributed by atoms with van der Waals surface area (Å²) in [4.78, 5) is 28.8. The molecule has 52 heavy (non-hydrogen) atoms. The summed E-state index contributed by atoms with van der Waals surface area (Å²) in [6, 6.07) is 22.1. The minimum atomic E-state index is -0.406. The fourth-order valence-electron chi connectivity index (χ4n) is 6.54. The molecule has 4 aromatic rings. The third kappa shape index (κ3) is 9.20. The smallest absolute Gasteiger partial charge is 0.260 e. The number of carbonyl (C=O) groups is 2. The summed E-state index contributed by atoms with van der Waals surface area (Å²) in [6.45, 7) is -1.54. The average Bonchev–Trinajstić information content (AvgIpc) is 3.13. The van der Waals surface area contributed by atoms with E-state index in [0.717, 1.165) is 0 Å². The maximum Gasteiger partial charge on any atom is 0.260 e. The van der Waals surface area contributed by atoms with E-state index in [1.54, 1.807) is 0 Å². The van der Waals surface area contributed by atoms with Crippen LogP contribution in [0.5, 0.6) is 23.0 Å². The zero-order valence-electron chi connectivity index (χ0n) is 29.0. The van der Waals surface area contributed by atoms with Gasteiger partial charge in [0, 0.05) is 51.9 Å². The number of aliphatic hydroxyl groups is 4. The van der Waals surface area contributed by atoms with Gasteiger partial charge in [0.05, 0.1) is 26.4 Å². The largest absolute Gasteiger partial charge is 0.507 e. The third-order valence-corrected chi connectivity index (χ3v) is 9.15. The number of nitrogens with zero attached hydrogens (tertiary/aromatic N) is 2. The highest BCUT2D eigenvalue weighted by molar-refractivity contribution is 5.78. The van der Waals surface area contributed by atoms with Crippen molar-refractivity contribution in [2.75, 3.05) is 65.8 Å². The second kappa shape index (κ2) is 18.4. The summed E-state index contributed by atoms with van der Waals surface area (Å²) < 4.78 is 12.4. The van der Waals surface area contributed by atoms with Crippen molar-refractivity contribution in [1.82, 2.24) is 9.80 Å². The highest BCUT2D eigenvalue weighted by atomic mass is 16.5. The molecule has 1 aliphatic carbocycles. The van der Waals surface area contributed by atoms with Crippen LogP contribution in [0.25, 0.3) is 0 Å². The Bertz CT molecular complexity index is 1620. The summed E-state index contributed by atoms with van der Waals surface area (Å²) >= 11 is 0. The lowest BCUT2D eigenvalue weighted by Crippen LogP contribution is -2.39. The van der Waals surface area contributed by atoms with Gasteiger partial charge in [-0.15, -0.1) is 0 Å². The molecule has 0 atom stereocenters. The van der Waals surface area contributed by atoms with Crippen molar-refractivity contribution >= 4 is 11.8 Å². The second-order valence-electron chi connectivity index (χ2n) is 12.6. The number of carbonyl (C=O) groups excluding carboxylic acids is 2. The SMILES string of the molecule is O=C(COc1c2cccc1Cc1cccc(c1O)Cc1cccc(c1OCC(=O)N(CCO)CCO)Cc1cccc(c1O)C2)N(CCO)CCO. The van der Waals surface area contributed by atoms with Gasteiger partial charge in [-0.25, -0.2) is 0 Å². The summed E-state index contributed by atoms with van der Waals surface area (Å²) in [6.07, 6.45) is 1.01. The van der Waals surface area contributed by atoms with E-state index in [2.05, 4.69) is 0 Å². The molecule has 0 spiro atoms. The Morgan fingerprint density at radius 2 is 0.712 bits per heavy atom. The van der Waals surface area contributed by atoms with Gasteiger partial charge in [-0.3, -0.25) is 9.59 Å². The van der Waals surface area contributed by atoms with Crippen molar-refractivity contribution in [3.63, 3.8) is 0 Å². The summed E-state index contributed by atoms with van der Waals surface area (Å²) in [7, 11) is 0. The quantitative estimate of drug-likeness (QED) is 0.0999. The van der Waals surface area contributed by atoms with Crippen LogP contribution in [0, 0.1) is 0 Å². The zero-order valence-corrected chi connectivity index (χ0v) is 29.0. The van der Waals surface area contributed by atoms with Gasteiger partial charge in [0.2, 0.25) is 0 Å². The minimum absolute atomic E-state index is 0.0512. The van der Waals surface area contributed by atoms with E-state index in [0.29, 0.717) is 56.0 Å². The maximum absolute atomic E-state index is 13.1. The standard InChI is InChI=1S/C40H46N2O10/c43-17-13-41(14-18-44)35(47)25-51-39-31-9-3-11-33(39)23-29-7-2-8-30(38(29)50)24-34-12-4-10-32(22-28-6-1-5-27(21-31)37(28)49)40(34)52-26-36(48)42(15-19-45)16-20-46/h1-12,43-46,49-50H,13-26H2. The normalized spacial score (nSPS) is 12.2. The molecule has 0 saturated heterocycles. The number of aliphatic hydroxyl groups excluding tert-OH is 4. The number of phenolic OH excluding ortho intramolecular Hbond substituents is 2. The molecule has 4 aromatic carbocycles. The van der Waals surface area contributed by atoms with E-state index >= 15 is 0 Å². The van der Waals surface area contributed by atoms with E-state index in [9.17, 15) is 40.2 Å². The molecular weight excluding hydrogens is 668 g/mol. The number of benzene rings is 4. The number of para-hydroxylation sites is 4. The lowest BCUT2D eigenvalue weighted by molar-refractivity contribution is -0.135. The number of amides is 2. The van der Waals surface area contributed by atoms with E-state index in [-0.39, 0.29) is 103 Å². The first kappa shape index (κ1) is 38.1. The Morgan fingerprint density at radius 1 is 0.462 bits per heavy atom. The Kier molecular flexibility index (Phi) is 13.5. The molecule has 2 amide bonds. The van der Waals surface area contributed by atoms with Crippen LogP contribution in [0.2, 0.25) is 0 Å². The first-order valence-electron chi connectivity index (χ1n) is 17.3. The number of hydrogen-bond donors (Lipinski definition) is 6. The number of hydrogen-bond acceptors (Lipinski definition) is 10. The van der Waals surface area contributed by atoms with Crippen LogP contribution in [-0.2, 0) is 35.3 Å². The van der Waals surface area contributed by atoms with Crippen LogP contribution in [0.3, 0.4) is 0 Å². The third-order valence-electron chi connectivity index (χ3n) is 9.15. The summed E-state index contributed by atoms with van der Waals surface area (Å²) in [5.74, 6) is 0.213. The van der Waals surface area contributed by atoms with Crippen molar-refractivity contribution < 1.29 is 49.7 Å². The van der Waals surface area contributed by atoms with E-state index in [4.69, 9.17) is 9.47 Å². The molecule has 5 rings (SSSR count). The van der Waals surface area contributed by atoms with Crippen molar-refractivity contribution in [2.45, 2.75) is 25.7 Å². The zero-order chi connectivity index (χ0) is 37.0. The van der Waals surface area contributed by atoms with Crippen LogP contribution in [0.1, 0.15) is 44.5 Å². The lowest BCUT2D eigenvalue weighted by atomic mass is 9.91. The fraction of sp³-hybridized carbons (Fsp3) is 0.350. The number of fused-ring (bicyclic) bond motifs is 8. The molecule has 0 aromatic heterocycles. The lowest BCUT2D eigenvalue weighted by Gasteiger charge is -2.23. The molecular formula is C40H46N2O10. The number of aromatic hydroxyl groups is 2. The Morgan fingerprint density at radius 3 is 0.962 bits per heavy atom. The number of rotatable bonds is 14. The van der Waals surface area contributed by atoms with Gasteiger partial charge in [0.25, 0.3) is 11.8 Å². The molecule has 0 fully saturated rings. The Hall–Kier alpha value is -5.14. The van der Waals surface area contributed by atoms with E-state index in [1.165, 1.54) is 9.80 Å². The van der Waals surface area contributed by atoms with Crippen LogP contribution in [0.4, 0.5) is 0 Å². The first-order chi connectivity index (χ1) is 25.3. The van der Waals surface area contributed by atoms with Gasteiger partial charge in [-0.05, 0) is 44.5 Å². The first-order valence-corrected chi connectivity index (χ1v) is 17.3. The monoisotopic (exact) mass is 714 g/mol. The molecule has 276 valence electrons. The molecule has 0 aliphatic heterocycles. The second-order valence-corrected chi connectivity index (χ2v) is 12.6. The fourth-order valence-corrected chi connectivity index (χ4v) is 6.54. The molecule has 6 N–H and O–H groups in total. The van der Waals surface area contributed by atoms with Gasteiger partial charge in [-0.2, -0.15) is 0 Å². The van der Waals surface area contributed by atoms with Gasteiger partial charge in [0.1, 0.15) is 23.0 Å². The molecule has 8 bridgehead atoms. The Labute approximate surface area is 302 Å². The molecule has 12 nitrogen and oxygen atoms in total. The predicted octanol–water partition coefficient (Wildman–Crippen LogP) is 2.16. The maximum atomic E-state index is 13.1. The summed E-state index contributed by atoms with van der Waals surface area (Å²) in [5, 5.41) is 61.0. The average molecular weight is 715 g/mol. The van der Waals surface area contributed by atoms with Crippen molar-refractivity contribution in [3.8, 4) is 23.0 Å². The van der Waals surface area contributed by atoms with Crippen LogP contribution < -0.4 is 9.47 Å². The van der Waals surface area contributed by atoms with E-state index < -0.39 is 11.8 Å². The van der Waals surface area contributed by atoms with Crippen molar-refractivity contribution in [3.05, 3.63) is 117 Å². The predicted molar refractivity (Wildman–Crippen MR) is 193 cm³/mol. The van der Waals surface area contributed by atoms with Gasteiger partial charge < -0.3 is 49.9 Å². The number of ether oxygens (including phenoxy) is 2. The topological polar surface area (TPSA) is 180 Å². The van der Waals surface area contributed by atoms with E-state index in [1.807, 2.05) is 72.8 Å². The Balaban J connectivity index is 1.57. The van der Waals surface area contributed by atoms with Crippen molar-refractivity contribution in [2.24, 2.45) is 0 Å². The van der Waals surface area contributed by atoms with Gasteiger partial charge >= 0.3 is 0 Å². The van der Waals surface area contributed by atoms with Crippen LogP contribution in [0.15, 0.2) is 72.8 Å². The summed E-state index contributed by atoms with van der Waals surface area (Å²) in [5.41, 5.74) is 5.27. The minimum Gasteiger partial charge on any atom is -0.507 e. The molecule has 1 aliphatic rings. The van der Waals surface area contributed by atoms with Crippen LogP contribution in [-0.4, -0.2) is 118 Å². The highest BCUT2D eigenvalue weighted by Crippen LogP contribution is 2.38. The van der Waals surface area contributed by atoms with Gasteiger partial charge in [-0.1, -0.05) is 72.8 Å². The number of phenols is 2. The highest BCUT2D eigenvalue weighted by Gasteiger charge is 2.22. The van der Waals surface area contributed by atoms with Crippen molar-refractivity contribution in [1.29, 1.82) is 0 Å². The van der Waals surface area contributed by atoms with Crippen LogP contribution >= 0.6 is 0 Å².